The monoisotopic (exact) mass is 811 g/mol. The van der Waals surface area contributed by atoms with Crippen molar-refractivity contribution < 1.29 is 0 Å². The van der Waals surface area contributed by atoms with Crippen molar-refractivity contribution >= 4 is 74.2 Å². The average molecular weight is 812 g/mol. The SMILES string of the molecule is C=C(/C=C\C=C(/C)c1ccccc1)N(c1cc2c3c(c1)N(c1ccc(C)cc1)c1cc(C)ccc1B3c1ccc(C)cc1N2c1ccc(C)cc1)c1ccccc1-c1ccccc1. The van der Waals surface area contributed by atoms with E-state index < -0.39 is 0 Å². The molecule has 0 aromatic heterocycles. The van der Waals surface area contributed by atoms with E-state index in [1.807, 2.05) is 0 Å². The molecule has 0 unspecified atom stereocenters. The Labute approximate surface area is 373 Å². The van der Waals surface area contributed by atoms with E-state index in [4.69, 9.17) is 6.58 Å². The summed E-state index contributed by atoms with van der Waals surface area (Å²) in [6, 6.07) is 66.8. The van der Waals surface area contributed by atoms with Gasteiger partial charge in [0.2, 0.25) is 0 Å². The Hall–Kier alpha value is -7.56. The molecule has 2 heterocycles. The van der Waals surface area contributed by atoms with Crippen LogP contribution < -0.4 is 31.1 Å². The van der Waals surface area contributed by atoms with Crippen LogP contribution in [0.5, 0.6) is 0 Å². The van der Waals surface area contributed by atoms with Gasteiger partial charge in [0.1, 0.15) is 0 Å². The van der Waals surface area contributed by atoms with E-state index in [0.29, 0.717) is 0 Å². The summed E-state index contributed by atoms with van der Waals surface area (Å²) in [6.07, 6.45) is 6.46. The Balaban J connectivity index is 1.28. The van der Waals surface area contributed by atoms with Crippen molar-refractivity contribution in [3.63, 3.8) is 0 Å². The minimum Gasteiger partial charge on any atom is -0.311 e. The van der Waals surface area contributed by atoms with Crippen LogP contribution in [-0.4, -0.2) is 6.71 Å². The summed E-state index contributed by atoms with van der Waals surface area (Å²) in [5.74, 6) is 0. The zero-order valence-electron chi connectivity index (χ0n) is 36.7. The number of fused-ring (bicyclic) bond motifs is 4. The Morgan fingerprint density at radius 1 is 0.524 bits per heavy atom. The first-order valence-electron chi connectivity index (χ1n) is 21.9. The topological polar surface area (TPSA) is 9.72 Å². The summed E-state index contributed by atoms with van der Waals surface area (Å²) in [7, 11) is 0. The lowest BCUT2D eigenvalue weighted by Crippen LogP contribution is -2.61. The van der Waals surface area contributed by atoms with Crippen LogP contribution in [-0.2, 0) is 0 Å². The molecule has 0 saturated heterocycles. The smallest absolute Gasteiger partial charge is 0.252 e. The summed E-state index contributed by atoms with van der Waals surface area (Å²) >= 11 is 0. The van der Waals surface area contributed by atoms with Gasteiger partial charge in [0.15, 0.2) is 0 Å². The minimum atomic E-state index is 0.0119. The lowest BCUT2D eigenvalue weighted by Gasteiger charge is -2.45. The van der Waals surface area contributed by atoms with E-state index >= 15 is 0 Å². The van der Waals surface area contributed by atoms with E-state index in [1.54, 1.807) is 0 Å². The van der Waals surface area contributed by atoms with E-state index in [-0.39, 0.29) is 6.71 Å². The summed E-state index contributed by atoms with van der Waals surface area (Å²) in [4.78, 5) is 7.35. The molecular formula is C59H50BN3. The predicted octanol–water partition coefficient (Wildman–Crippen LogP) is 14.0. The first-order chi connectivity index (χ1) is 30.7. The quantitative estimate of drug-likeness (QED) is 0.106. The second-order valence-electron chi connectivity index (χ2n) is 17.1. The number of anilines is 8. The van der Waals surface area contributed by atoms with Crippen LogP contribution >= 0.6 is 0 Å². The van der Waals surface area contributed by atoms with Gasteiger partial charge in [-0.25, -0.2) is 0 Å². The average Bonchev–Trinajstić information content (AvgIpc) is 3.30. The normalized spacial score (nSPS) is 12.8. The van der Waals surface area contributed by atoms with Crippen LogP contribution in [0.3, 0.4) is 0 Å². The molecule has 8 aromatic carbocycles. The van der Waals surface area contributed by atoms with Crippen LogP contribution in [0.15, 0.2) is 212 Å². The lowest BCUT2D eigenvalue weighted by atomic mass is 9.33. The highest BCUT2D eigenvalue weighted by molar-refractivity contribution is 7.00. The number of hydrogen-bond acceptors (Lipinski definition) is 3. The third-order valence-electron chi connectivity index (χ3n) is 12.6. The molecule has 4 heteroatoms. The molecule has 8 aromatic rings. The van der Waals surface area contributed by atoms with Crippen LogP contribution in [0.25, 0.3) is 16.7 Å². The second kappa shape index (κ2) is 16.4. The molecule has 3 nitrogen and oxygen atoms in total. The zero-order chi connectivity index (χ0) is 43.2. The molecule has 0 aliphatic carbocycles. The first-order valence-corrected chi connectivity index (χ1v) is 21.9. The van der Waals surface area contributed by atoms with E-state index in [2.05, 4.69) is 250 Å². The van der Waals surface area contributed by atoms with Gasteiger partial charge in [-0.15, -0.1) is 0 Å². The lowest BCUT2D eigenvalue weighted by molar-refractivity contribution is 1.19. The van der Waals surface area contributed by atoms with E-state index in [0.717, 1.165) is 50.9 Å². The van der Waals surface area contributed by atoms with Gasteiger partial charge in [-0.3, -0.25) is 0 Å². The third kappa shape index (κ3) is 7.28. The van der Waals surface area contributed by atoms with Gasteiger partial charge in [-0.1, -0.05) is 157 Å². The highest BCUT2D eigenvalue weighted by atomic mass is 15.2. The molecule has 0 N–H and O–H groups in total. The minimum absolute atomic E-state index is 0.0119. The highest BCUT2D eigenvalue weighted by Crippen LogP contribution is 2.48. The van der Waals surface area contributed by atoms with Gasteiger partial charge in [0.25, 0.3) is 6.71 Å². The number of aryl methyl sites for hydroxylation is 4. The highest BCUT2D eigenvalue weighted by Gasteiger charge is 2.44. The van der Waals surface area contributed by atoms with Crippen LogP contribution in [0.4, 0.5) is 45.5 Å². The Morgan fingerprint density at radius 2 is 1.02 bits per heavy atom. The maximum atomic E-state index is 4.86. The van der Waals surface area contributed by atoms with Crippen molar-refractivity contribution in [2.45, 2.75) is 34.6 Å². The number of hydrogen-bond donors (Lipinski definition) is 0. The largest absolute Gasteiger partial charge is 0.311 e. The van der Waals surface area contributed by atoms with Gasteiger partial charge < -0.3 is 14.7 Å². The van der Waals surface area contributed by atoms with Gasteiger partial charge >= 0.3 is 0 Å². The Morgan fingerprint density at radius 3 is 1.57 bits per heavy atom. The van der Waals surface area contributed by atoms with Crippen molar-refractivity contribution in [2.24, 2.45) is 0 Å². The van der Waals surface area contributed by atoms with Gasteiger partial charge in [-0.2, -0.15) is 0 Å². The van der Waals surface area contributed by atoms with Crippen molar-refractivity contribution in [1.82, 2.24) is 0 Å². The summed E-state index contributed by atoms with van der Waals surface area (Å²) in [5.41, 5.74) is 23.3. The molecule has 2 aliphatic heterocycles. The Bertz CT molecular complexity index is 2950. The van der Waals surface area contributed by atoms with Gasteiger partial charge in [0.05, 0.1) is 11.4 Å². The van der Waals surface area contributed by atoms with Crippen molar-refractivity contribution in [1.29, 1.82) is 0 Å². The Kier molecular flexibility index (Phi) is 10.3. The van der Waals surface area contributed by atoms with E-state index in [9.17, 15) is 0 Å². The molecule has 0 amide bonds. The van der Waals surface area contributed by atoms with Gasteiger partial charge in [0, 0.05) is 45.4 Å². The van der Waals surface area contributed by atoms with Crippen molar-refractivity contribution in [2.75, 3.05) is 14.7 Å². The van der Waals surface area contributed by atoms with Crippen molar-refractivity contribution in [3.8, 4) is 11.1 Å². The van der Waals surface area contributed by atoms with Crippen LogP contribution in [0.1, 0.15) is 34.7 Å². The fraction of sp³-hybridized carbons (Fsp3) is 0.0847. The molecule has 0 radical (unpaired) electrons. The number of nitrogens with zero attached hydrogens (tertiary/aromatic N) is 3. The van der Waals surface area contributed by atoms with Crippen LogP contribution in [0.2, 0.25) is 0 Å². The number of benzene rings is 8. The second-order valence-corrected chi connectivity index (χ2v) is 17.1. The standard InChI is InChI=1S/C59H50BN3/c1-40-24-30-48(31-25-40)62-55-36-42(3)28-34-52(55)60-53-35-29-43(4)37-56(53)63(49-32-26-41(2)27-33-49)58-39-50(38-57(62)59(58)60)61(45(6)17-15-16-44(5)46-18-9-7-10-19-46)54-23-14-13-22-51(54)47-20-11-8-12-21-47/h7-39H,6H2,1-5H3/b17-15-,44-16+. The maximum absolute atomic E-state index is 4.86. The number of allylic oxidation sites excluding steroid dienone is 4. The summed E-state index contributed by atoms with van der Waals surface area (Å²) < 4.78 is 0. The molecule has 0 saturated carbocycles. The van der Waals surface area contributed by atoms with Crippen LogP contribution in [0, 0.1) is 27.7 Å². The first kappa shape index (κ1) is 39.6. The maximum Gasteiger partial charge on any atom is 0.252 e. The summed E-state index contributed by atoms with van der Waals surface area (Å²) in [6.45, 7) is 15.8. The third-order valence-corrected chi connectivity index (χ3v) is 12.6. The van der Waals surface area contributed by atoms with E-state index in [1.165, 1.54) is 61.2 Å². The molecule has 0 atom stereocenters. The number of rotatable bonds is 9. The molecule has 0 bridgehead atoms. The fourth-order valence-electron chi connectivity index (χ4n) is 9.43. The zero-order valence-corrected chi connectivity index (χ0v) is 36.7. The predicted molar refractivity (Wildman–Crippen MR) is 272 cm³/mol. The molecule has 0 fully saturated rings. The summed E-state index contributed by atoms with van der Waals surface area (Å²) in [5, 5.41) is 0. The molecule has 0 spiro atoms. The molecule has 10 rings (SSSR count). The fourth-order valence-corrected chi connectivity index (χ4v) is 9.43. The molecular weight excluding hydrogens is 761 g/mol. The number of para-hydroxylation sites is 1. The molecule has 304 valence electrons. The molecule has 63 heavy (non-hydrogen) atoms. The molecule has 2 aliphatic rings. The van der Waals surface area contributed by atoms with Gasteiger partial charge in [-0.05, 0) is 140 Å². The van der Waals surface area contributed by atoms with Crippen molar-refractivity contribution in [3.05, 3.63) is 240 Å².